The monoisotopic (exact) mass is 240 g/mol. The molecule has 88 valence electrons. The number of non-ortho nitro benzene ring substituents is 1. The van der Waals surface area contributed by atoms with Gasteiger partial charge in [-0.05, 0) is 23.8 Å². The minimum atomic E-state index is -0.406. The number of hydrogen-bond donors (Lipinski definition) is 0. The summed E-state index contributed by atoms with van der Waals surface area (Å²) in [4.78, 5) is 14.4. The molecular formula is C13H8N2O3. The van der Waals surface area contributed by atoms with Gasteiger partial charge in [-0.15, -0.1) is 0 Å². The number of hydrogen-bond acceptors (Lipinski definition) is 4. The second-order valence-electron chi connectivity index (χ2n) is 3.83. The van der Waals surface area contributed by atoms with Crippen molar-refractivity contribution >= 4 is 16.7 Å². The van der Waals surface area contributed by atoms with E-state index in [1.54, 1.807) is 30.6 Å². The van der Waals surface area contributed by atoms with Gasteiger partial charge in [-0.2, -0.15) is 0 Å². The normalized spacial score (nSPS) is 10.7. The van der Waals surface area contributed by atoms with Crippen LogP contribution in [0.4, 0.5) is 5.69 Å². The van der Waals surface area contributed by atoms with Gasteiger partial charge in [-0.25, -0.2) is 0 Å². The standard InChI is InChI=1S/C13H8N2O3/c16-15(17)11-7-10-3-6-18-13(10)12(8-11)9-1-4-14-5-2-9/h1-8H. The highest BCUT2D eigenvalue weighted by Crippen LogP contribution is 2.33. The smallest absolute Gasteiger partial charge is 0.270 e. The number of nitrogens with zero attached hydrogens (tertiary/aromatic N) is 2. The van der Waals surface area contributed by atoms with Gasteiger partial charge in [0.2, 0.25) is 0 Å². The van der Waals surface area contributed by atoms with Gasteiger partial charge in [0.15, 0.2) is 0 Å². The van der Waals surface area contributed by atoms with Crippen molar-refractivity contribution in [1.29, 1.82) is 0 Å². The zero-order valence-electron chi connectivity index (χ0n) is 9.24. The lowest BCUT2D eigenvalue weighted by Crippen LogP contribution is -1.89. The van der Waals surface area contributed by atoms with Crippen molar-refractivity contribution in [2.75, 3.05) is 0 Å². The quantitative estimate of drug-likeness (QED) is 0.508. The van der Waals surface area contributed by atoms with E-state index in [2.05, 4.69) is 4.98 Å². The minimum Gasteiger partial charge on any atom is -0.464 e. The SMILES string of the molecule is O=[N+]([O-])c1cc(-c2ccncc2)c2occc2c1. The molecule has 1 aromatic carbocycles. The Morgan fingerprint density at radius 3 is 2.67 bits per heavy atom. The third-order valence-corrected chi connectivity index (χ3v) is 2.74. The van der Waals surface area contributed by atoms with Crippen molar-refractivity contribution in [3.8, 4) is 11.1 Å². The van der Waals surface area contributed by atoms with Crippen LogP contribution in [0.3, 0.4) is 0 Å². The number of rotatable bonds is 2. The van der Waals surface area contributed by atoms with Crippen molar-refractivity contribution in [3.63, 3.8) is 0 Å². The number of aromatic nitrogens is 1. The van der Waals surface area contributed by atoms with Gasteiger partial charge in [-0.1, -0.05) is 0 Å². The Labute approximate surface area is 102 Å². The Balaban J connectivity index is 2.33. The number of benzene rings is 1. The van der Waals surface area contributed by atoms with E-state index in [0.717, 1.165) is 10.9 Å². The second kappa shape index (κ2) is 3.96. The van der Waals surface area contributed by atoms with Crippen LogP contribution in [0.25, 0.3) is 22.1 Å². The van der Waals surface area contributed by atoms with Crippen LogP contribution in [0.15, 0.2) is 53.4 Å². The fourth-order valence-electron chi connectivity index (χ4n) is 1.92. The van der Waals surface area contributed by atoms with Crippen LogP contribution in [-0.4, -0.2) is 9.91 Å². The molecule has 18 heavy (non-hydrogen) atoms. The summed E-state index contributed by atoms with van der Waals surface area (Å²) in [6, 6.07) is 8.32. The maximum absolute atomic E-state index is 10.9. The van der Waals surface area contributed by atoms with Crippen LogP contribution in [0.2, 0.25) is 0 Å². The largest absolute Gasteiger partial charge is 0.464 e. The molecule has 0 fully saturated rings. The van der Waals surface area contributed by atoms with Gasteiger partial charge in [0.25, 0.3) is 5.69 Å². The van der Waals surface area contributed by atoms with Crippen LogP contribution < -0.4 is 0 Å². The van der Waals surface area contributed by atoms with Gasteiger partial charge >= 0.3 is 0 Å². The maximum atomic E-state index is 10.9. The molecule has 5 nitrogen and oxygen atoms in total. The van der Waals surface area contributed by atoms with E-state index in [1.165, 1.54) is 18.4 Å². The van der Waals surface area contributed by atoms with Crippen LogP contribution >= 0.6 is 0 Å². The summed E-state index contributed by atoms with van der Waals surface area (Å²) < 4.78 is 5.40. The van der Waals surface area contributed by atoms with Gasteiger partial charge in [-0.3, -0.25) is 15.1 Å². The highest BCUT2D eigenvalue weighted by Gasteiger charge is 2.14. The van der Waals surface area contributed by atoms with E-state index in [9.17, 15) is 10.1 Å². The molecule has 0 aliphatic heterocycles. The Morgan fingerprint density at radius 2 is 1.94 bits per heavy atom. The predicted molar refractivity (Wildman–Crippen MR) is 66.1 cm³/mol. The van der Waals surface area contributed by atoms with E-state index < -0.39 is 4.92 Å². The van der Waals surface area contributed by atoms with E-state index in [-0.39, 0.29) is 5.69 Å². The van der Waals surface area contributed by atoms with Crippen LogP contribution in [0.1, 0.15) is 0 Å². The zero-order valence-corrected chi connectivity index (χ0v) is 9.24. The molecule has 0 N–H and O–H groups in total. The minimum absolute atomic E-state index is 0.0516. The number of nitro groups is 1. The molecule has 3 aromatic rings. The maximum Gasteiger partial charge on any atom is 0.270 e. The van der Waals surface area contributed by atoms with Crippen molar-refractivity contribution in [2.24, 2.45) is 0 Å². The molecular weight excluding hydrogens is 232 g/mol. The lowest BCUT2D eigenvalue weighted by molar-refractivity contribution is -0.384. The lowest BCUT2D eigenvalue weighted by Gasteiger charge is -2.02. The molecule has 0 spiro atoms. The van der Waals surface area contributed by atoms with Crippen LogP contribution in [0, 0.1) is 10.1 Å². The van der Waals surface area contributed by atoms with Crippen molar-refractivity contribution in [2.45, 2.75) is 0 Å². The molecule has 0 unspecified atom stereocenters. The van der Waals surface area contributed by atoms with Crippen LogP contribution in [0.5, 0.6) is 0 Å². The summed E-state index contributed by atoms with van der Waals surface area (Å²) in [6.45, 7) is 0. The molecule has 0 saturated heterocycles. The third-order valence-electron chi connectivity index (χ3n) is 2.74. The number of nitro benzene ring substituents is 1. The number of fused-ring (bicyclic) bond motifs is 1. The fraction of sp³-hybridized carbons (Fsp3) is 0. The molecule has 0 aliphatic rings. The molecule has 0 bridgehead atoms. The van der Waals surface area contributed by atoms with Gasteiger partial charge < -0.3 is 4.42 Å². The molecule has 0 radical (unpaired) electrons. The molecule has 2 aromatic heterocycles. The first-order valence-electron chi connectivity index (χ1n) is 5.32. The lowest BCUT2D eigenvalue weighted by atomic mass is 10.0. The summed E-state index contributed by atoms with van der Waals surface area (Å²) in [7, 11) is 0. The summed E-state index contributed by atoms with van der Waals surface area (Å²) in [5, 5.41) is 11.6. The molecule has 5 heteroatoms. The predicted octanol–water partition coefficient (Wildman–Crippen LogP) is 3.40. The summed E-state index contributed by atoms with van der Waals surface area (Å²) in [5.41, 5.74) is 2.24. The number of pyridine rings is 1. The Hall–Kier alpha value is -2.69. The molecule has 0 saturated carbocycles. The average molecular weight is 240 g/mol. The van der Waals surface area contributed by atoms with Gasteiger partial charge in [0.05, 0.1) is 11.2 Å². The molecule has 0 atom stereocenters. The zero-order chi connectivity index (χ0) is 12.5. The van der Waals surface area contributed by atoms with Crippen LogP contribution in [-0.2, 0) is 0 Å². The van der Waals surface area contributed by atoms with Gasteiger partial charge in [0.1, 0.15) is 5.58 Å². The fourth-order valence-corrected chi connectivity index (χ4v) is 1.92. The number of furan rings is 1. The summed E-state index contributed by atoms with van der Waals surface area (Å²) in [6.07, 6.45) is 4.81. The first kappa shape index (κ1) is 10.5. The third kappa shape index (κ3) is 1.62. The summed E-state index contributed by atoms with van der Waals surface area (Å²) in [5.74, 6) is 0. The molecule has 0 amide bonds. The Kier molecular flexibility index (Phi) is 2.30. The van der Waals surface area contributed by atoms with E-state index in [4.69, 9.17) is 4.42 Å². The molecule has 2 heterocycles. The van der Waals surface area contributed by atoms with E-state index >= 15 is 0 Å². The first-order chi connectivity index (χ1) is 8.75. The highest BCUT2D eigenvalue weighted by atomic mass is 16.6. The Morgan fingerprint density at radius 1 is 1.17 bits per heavy atom. The van der Waals surface area contributed by atoms with E-state index in [1.807, 2.05) is 0 Å². The molecule has 3 rings (SSSR count). The Bertz CT molecular complexity index is 719. The van der Waals surface area contributed by atoms with Crippen molar-refractivity contribution in [3.05, 3.63) is 59.1 Å². The molecule has 0 aliphatic carbocycles. The second-order valence-corrected chi connectivity index (χ2v) is 3.83. The van der Waals surface area contributed by atoms with Crippen molar-refractivity contribution < 1.29 is 9.34 Å². The van der Waals surface area contributed by atoms with Crippen molar-refractivity contribution in [1.82, 2.24) is 4.98 Å². The highest BCUT2D eigenvalue weighted by molar-refractivity contribution is 5.94. The summed E-state index contributed by atoms with van der Waals surface area (Å²) >= 11 is 0. The topological polar surface area (TPSA) is 69.2 Å². The van der Waals surface area contributed by atoms with Gasteiger partial charge in [0, 0.05) is 35.5 Å². The first-order valence-corrected chi connectivity index (χ1v) is 5.32. The van der Waals surface area contributed by atoms with E-state index in [0.29, 0.717) is 11.1 Å². The average Bonchev–Trinajstić information content (AvgIpc) is 2.86.